The number of rotatable bonds is 3. The first-order valence-electron chi connectivity index (χ1n) is 8.77. The Morgan fingerprint density at radius 1 is 0.963 bits per heavy atom. The van der Waals surface area contributed by atoms with E-state index in [0.717, 1.165) is 12.0 Å². The molecular formula is C19H20ClNO4S2. The summed E-state index contributed by atoms with van der Waals surface area (Å²) >= 11 is 5.87. The molecule has 0 aromatic heterocycles. The van der Waals surface area contributed by atoms with Gasteiger partial charge in [0.1, 0.15) is 0 Å². The molecule has 2 aromatic rings. The molecule has 144 valence electrons. The smallest absolute Gasteiger partial charge is 0.183 e. The Kier molecular flexibility index (Phi) is 4.83. The van der Waals surface area contributed by atoms with E-state index < -0.39 is 31.0 Å². The van der Waals surface area contributed by atoms with Gasteiger partial charge in [-0.15, -0.1) is 0 Å². The van der Waals surface area contributed by atoms with Gasteiger partial charge in [-0.1, -0.05) is 35.9 Å². The molecule has 2 aromatic carbocycles. The SMILES string of the molecule is O=S1(=O)CC(N2CCc3ccccc3C2)C(S(=O)(=O)c2ccc(Cl)cc2)C1. The van der Waals surface area contributed by atoms with Gasteiger partial charge in [0.25, 0.3) is 0 Å². The molecule has 2 aliphatic rings. The predicted octanol–water partition coefficient (Wildman–Crippen LogP) is 2.34. The molecule has 2 aliphatic heterocycles. The van der Waals surface area contributed by atoms with Crippen LogP contribution >= 0.6 is 11.6 Å². The lowest BCUT2D eigenvalue weighted by molar-refractivity contribution is 0.195. The molecule has 0 radical (unpaired) electrons. The first kappa shape index (κ1) is 18.9. The van der Waals surface area contributed by atoms with Crippen LogP contribution in [0.3, 0.4) is 0 Å². The molecule has 2 heterocycles. The van der Waals surface area contributed by atoms with Crippen molar-refractivity contribution in [1.82, 2.24) is 4.90 Å². The van der Waals surface area contributed by atoms with Crippen molar-refractivity contribution in [3.05, 3.63) is 64.7 Å². The van der Waals surface area contributed by atoms with Crippen LogP contribution in [0.4, 0.5) is 0 Å². The van der Waals surface area contributed by atoms with Crippen LogP contribution in [0.1, 0.15) is 11.1 Å². The minimum absolute atomic E-state index is 0.118. The summed E-state index contributed by atoms with van der Waals surface area (Å²) < 4.78 is 51.1. The zero-order valence-electron chi connectivity index (χ0n) is 14.6. The second-order valence-electron chi connectivity index (χ2n) is 7.17. The molecule has 4 rings (SSSR count). The highest BCUT2D eigenvalue weighted by atomic mass is 35.5. The molecule has 0 amide bonds. The maximum atomic E-state index is 13.2. The van der Waals surface area contributed by atoms with Crippen molar-refractivity contribution in [2.75, 3.05) is 18.1 Å². The fourth-order valence-corrected chi connectivity index (χ4v) is 8.99. The Balaban J connectivity index is 1.68. The van der Waals surface area contributed by atoms with Crippen molar-refractivity contribution >= 4 is 31.3 Å². The summed E-state index contributed by atoms with van der Waals surface area (Å²) in [5, 5.41) is -0.522. The van der Waals surface area contributed by atoms with Crippen LogP contribution in [-0.4, -0.2) is 51.1 Å². The average Bonchev–Trinajstić information content (AvgIpc) is 2.98. The van der Waals surface area contributed by atoms with Crippen molar-refractivity contribution in [2.24, 2.45) is 0 Å². The fourth-order valence-electron chi connectivity index (χ4n) is 4.03. The Hall–Kier alpha value is -1.41. The second kappa shape index (κ2) is 6.88. The summed E-state index contributed by atoms with van der Waals surface area (Å²) in [6, 6.07) is 13.4. The van der Waals surface area contributed by atoms with Crippen LogP contribution < -0.4 is 0 Å². The van der Waals surface area contributed by atoms with Gasteiger partial charge >= 0.3 is 0 Å². The third kappa shape index (κ3) is 3.66. The van der Waals surface area contributed by atoms with Gasteiger partial charge in [-0.3, -0.25) is 4.90 Å². The molecule has 2 atom stereocenters. The number of hydrogen-bond donors (Lipinski definition) is 0. The summed E-state index contributed by atoms with van der Waals surface area (Å²) in [5.74, 6) is -0.451. The summed E-state index contributed by atoms with van der Waals surface area (Å²) in [6.45, 7) is 1.23. The van der Waals surface area contributed by atoms with E-state index in [1.165, 1.54) is 29.8 Å². The molecule has 27 heavy (non-hydrogen) atoms. The Morgan fingerprint density at radius 2 is 1.63 bits per heavy atom. The fraction of sp³-hybridized carbons (Fsp3) is 0.368. The predicted molar refractivity (Wildman–Crippen MR) is 105 cm³/mol. The van der Waals surface area contributed by atoms with Gasteiger partial charge in [-0.2, -0.15) is 0 Å². The summed E-state index contributed by atoms with van der Waals surface area (Å²) in [5.41, 5.74) is 2.38. The Labute approximate surface area is 164 Å². The van der Waals surface area contributed by atoms with Crippen LogP contribution in [-0.2, 0) is 32.6 Å². The van der Waals surface area contributed by atoms with Crippen molar-refractivity contribution < 1.29 is 16.8 Å². The highest BCUT2D eigenvalue weighted by molar-refractivity contribution is 7.96. The first-order chi connectivity index (χ1) is 12.8. The van der Waals surface area contributed by atoms with Gasteiger partial charge in [-0.25, -0.2) is 16.8 Å². The Morgan fingerprint density at radius 3 is 2.33 bits per heavy atom. The number of halogens is 1. The van der Waals surface area contributed by atoms with Gasteiger partial charge in [0.2, 0.25) is 0 Å². The number of hydrogen-bond acceptors (Lipinski definition) is 5. The normalized spacial score (nSPS) is 25.2. The third-order valence-corrected chi connectivity index (χ3v) is 9.83. The highest BCUT2D eigenvalue weighted by Gasteiger charge is 2.48. The monoisotopic (exact) mass is 425 g/mol. The van der Waals surface area contributed by atoms with Crippen LogP contribution in [0, 0.1) is 0 Å². The topological polar surface area (TPSA) is 71.5 Å². The third-order valence-electron chi connectivity index (χ3n) is 5.44. The van der Waals surface area contributed by atoms with Gasteiger partial charge < -0.3 is 0 Å². The minimum Gasteiger partial charge on any atom is -0.293 e. The lowest BCUT2D eigenvalue weighted by atomic mass is 9.98. The van der Waals surface area contributed by atoms with Crippen molar-refractivity contribution in [1.29, 1.82) is 0 Å². The number of nitrogens with zero attached hydrogens (tertiary/aromatic N) is 1. The van der Waals surface area contributed by atoms with Crippen molar-refractivity contribution in [3.63, 3.8) is 0 Å². The lowest BCUT2D eigenvalue weighted by Crippen LogP contribution is -2.48. The maximum Gasteiger partial charge on any atom is 0.183 e. The molecule has 0 N–H and O–H groups in total. The second-order valence-corrected chi connectivity index (χ2v) is 11.9. The quantitative estimate of drug-likeness (QED) is 0.754. The summed E-state index contributed by atoms with van der Waals surface area (Å²) in [7, 11) is -7.20. The number of fused-ring (bicyclic) bond motifs is 1. The zero-order chi connectivity index (χ0) is 19.2. The average molecular weight is 426 g/mol. The molecule has 1 fully saturated rings. The summed E-state index contributed by atoms with van der Waals surface area (Å²) in [6.07, 6.45) is 0.792. The molecule has 8 heteroatoms. The van der Waals surface area contributed by atoms with Crippen LogP contribution in [0.5, 0.6) is 0 Å². The molecule has 0 aliphatic carbocycles. The van der Waals surface area contributed by atoms with E-state index in [4.69, 9.17) is 11.6 Å². The van der Waals surface area contributed by atoms with E-state index in [9.17, 15) is 16.8 Å². The van der Waals surface area contributed by atoms with Gasteiger partial charge in [0.05, 0.1) is 21.7 Å². The minimum atomic E-state index is -3.78. The van der Waals surface area contributed by atoms with Gasteiger partial charge in [-0.05, 0) is 41.8 Å². The number of sulfone groups is 2. The van der Waals surface area contributed by atoms with E-state index in [-0.39, 0.29) is 16.4 Å². The van der Waals surface area contributed by atoms with Gasteiger partial charge in [0, 0.05) is 24.2 Å². The van der Waals surface area contributed by atoms with E-state index >= 15 is 0 Å². The largest absolute Gasteiger partial charge is 0.293 e. The standard InChI is InChI=1S/C19H20ClNO4S2/c20-16-5-7-17(8-6-16)27(24,25)19-13-26(22,23)12-18(19)21-10-9-14-3-1-2-4-15(14)11-21/h1-8,18-19H,9-13H2. The first-order valence-corrected chi connectivity index (χ1v) is 12.5. The summed E-state index contributed by atoms with van der Waals surface area (Å²) in [4.78, 5) is 2.14. The maximum absolute atomic E-state index is 13.2. The van der Waals surface area contributed by atoms with Crippen LogP contribution in [0.2, 0.25) is 5.02 Å². The highest BCUT2D eigenvalue weighted by Crippen LogP contribution is 2.32. The van der Waals surface area contributed by atoms with Crippen molar-refractivity contribution in [2.45, 2.75) is 29.2 Å². The van der Waals surface area contributed by atoms with E-state index in [0.29, 0.717) is 18.1 Å². The van der Waals surface area contributed by atoms with Crippen LogP contribution in [0.15, 0.2) is 53.4 Å². The number of benzene rings is 2. The van der Waals surface area contributed by atoms with Gasteiger partial charge in [0.15, 0.2) is 19.7 Å². The molecule has 5 nitrogen and oxygen atoms in total. The Bertz CT molecular complexity index is 1070. The molecule has 1 saturated heterocycles. The molecule has 0 saturated carbocycles. The van der Waals surface area contributed by atoms with Crippen molar-refractivity contribution in [3.8, 4) is 0 Å². The molecule has 0 spiro atoms. The van der Waals surface area contributed by atoms with E-state index in [1.54, 1.807) is 0 Å². The van der Waals surface area contributed by atoms with Crippen LogP contribution in [0.25, 0.3) is 0 Å². The molecule has 2 unspecified atom stereocenters. The lowest BCUT2D eigenvalue weighted by Gasteiger charge is -2.35. The zero-order valence-corrected chi connectivity index (χ0v) is 17.0. The van der Waals surface area contributed by atoms with E-state index in [1.807, 2.05) is 23.1 Å². The molecular weight excluding hydrogens is 406 g/mol. The molecule has 0 bridgehead atoms. The van der Waals surface area contributed by atoms with E-state index in [2.05, 4.69) is 6.07 Å².